The molecule has 1 heterocycles. The van der Waals surface area contributed by atoms with Crippen molar-refractivity contribution in [1.29, 1.82) is 0 Å². The minimum absolute atomic E-state index is 0.119. The Morgan fingerprint density at radius 2 is 1.96 bits per heavy atom. The van der Waals surface area contributed by atoms with Crippen molar-refractivity contribution in [3.05, 3.63) is 45.6 Å². The molecule has 1 amide bonds. The minimum atomic E-state index is -3.87. The number of hydrogen-bond donors (Lipinski definition) is 2. The van der Waals surface area contributed by atoms with Crippen molar-refractivity contribution in [2.45, 2.75) is 38.0 Å². The highest BCUT2D eigenvalue weighted by Gasteiger charge is 2.16. The van der Waals surface area contributed by atoms with E-state index < -0.39 is 28.5 Å². The van der Waals surface area contributed by atoms with Gasteiger partial charge in [-0.05, 0) is 42.7 Å². The fourth-order valence-electron chi connectivity index (χ4n) is 2.46. The summed E-state index contributed by atoms with van der Waals surface area (Å²) in [5, 5.41) is 7.53. The Morgan fingerprint density at radius 1 is 1.22 bits per heavy atom. The fraction of sp³-hybridized carbons (Fsp3) is 0.333. The summed E-state index contributed by atoms with van der Waals surface area (Å²) in [6, 6.07) is 7.33. The normalized spacial score (nSPS) is 11.2. The summed E-state index contributed by atoms with van der Waals surface area (Å²) in [5.41, 5.74) is 1.37. The van der Waals surface area contributed by atoms with Crippen molar-refractivity contribution in [2.24, 2.45) is 5.14 Å². The zero-order chi connectivity index (χ0) is 20.0. The number of nitrogens with one attached hydrogen (secondary N) is 1. The van der Waals surface area contributed by atoms with E-state index in [4.69, 9.17) is 9.88 Å². The van der Waals surface area contributed by atoms with Crippen LogP contribution in [-0.4, -0.2) is 26.9 Å². The van der Waals surface area contributed by atoms with E-state index in [0.717, 1.165) is 29.7 Å². The van der Waals surface area contributed by atoms with Crippen molar-refractivity contribution in [2.75, 3.05) is 11.9 Å². The van der Waals surface area contributed by atoms with Crippen LogP contribution in [-0.2, 0) is 32.4 Å². The predicted molar refractivity (Wildman–Crippen MR) is 104 cm³/mol. The van der Waals surface area contributed by atoms with Crippen LogP contribution in [0.3, 0.4) is 0 Å². The first kappa shape index (κ1) is 21.1. The maximum Gasteiger partial charge on any atom is 0.348 e. The molecular weight excluding hydrogens is 388 g/mol. The highest BCUT2D eigenvalue weighted by molar-refractivity contribution is 7.89. The van der Waals surface area contributed by atoms with Crippen molar-refractivity contribution in [1.82, 2.24) is 0 Å². The Hall–Kier alpha value is -2.23. The topological polar surface area (TPSA) is 116 Å². The third-order valence-electron chi connectivity index (χ3n) is 3.74. The summed E-state index contributed by atoms with van der Waals surface area (Å²) in [4.78, 5) is 25.7. The van der Waals surface area contributed by atoms with E-state index in [1.807, 2.05) is 13.0 Å². The van der Waals surface area contributed by atoms with Gasteiger partial charge in [0.05, 0.1) is 4.90 Å². The number of primary sulfonamides is 1. The van der Waals surface area contributed by atoms with E-state index in [9.17, 15) is 18.0 Å². The largest absolute Gasteiger partial charge is 0.451 e. The number of benzene rings is 1. The number of rotatable bonds is 8. The number of aryl methyl sites for hydroxylation is 2. The average molecular weight is 411 g/mol. The zero-order valence-electron chi connectivity index (χ0n) is 15.2. The van der Waals surface area contributed by atoms with Gasteiger partial charge in [-0.1, -0.05) is 26.3 Å². The summed E-state index contributed by atoms with van der Waals surface area (Å²) < 4.78 is 27.7. The first-order valence-corrected chi connectivity index (χ1v) is 10.8. The summed E-state index contributed by atoms with van der Waals surface area (Å²) in [6.45, 7) is 3.63. The molecule has 0 saturated heterocycles. The molecule has 0 aliphatic heterocycles. The summed E-state index contributed by atoms with van der Waals surface area (Å²) >= 11 is 1.39. The van der Waals surface area contributed by atoms with E-state index in [-0.39, 0.29) is 10.6 Å². The van der Waals surface area contributed by atoms with Crippen LogP contribution >= 0.6 is 11.3 Å². The molecule has 0 fully saturated rings. The highest BCUT2D eigenvalue weighted by atomic mass is 32.2. The van der Waals surface area contributed by atoms with Gasteiger partial charge in [-0.15, -0.1) is 11.3 Å². The molecule has 0 saturated carbocycles. The lowest BCUT2D eigenvalue weighted by molar-refractivity contribution is -0.119. The van der Waals surface area contributed by atoms with Crippen molar-refractivity contribution in [3.63, 3.8) is 0 Å². The van der Waals surface area contributed by atoms with E-state index in [1.54, 1.807) is 0 Å². The maximum atomic E-state index is 12.2. The Labute approximate surface area is 162 Å². The number of carbonyl (C=O) groups is 2. The van der Waals surface area contributed by atoms with Gasteiger partial charge in [0, 0.05) is 10.6 Å². The summed E-state index contributed by atoms with van der Waals surface area (Å²) in [7, 11) is -3.87. The monoisotopic (exact) mass is 410 g/mol. The molecule has 9 heteroatoms. The Kier molecular flexibility index (Phi) is 7.11. The molecule has 1 aromatic carbocycles. The molecule has 146 valence electrons. The van der Waals surface area contributed by atoms with Gasteiger partial charge in [0.15, 0.2) is 6.61 Å². The van der Waals surface area contributed by atoms with Crippen LogP contribution in [0.15, 0.2) is 35.2 Å². The summed E-state index contributed by atoms with van der Waals surface area (Å²) in [6.07, 6.45) is 2.73. The van der Waals surface area contributed by atoms with Gasteiger partial charge >= 0.3 is 5.97 Å². The molecular formula is C18H22N2O5S2. The molecule has 3 N–H and O–H groups in total. The lowest BCUT2D eigenvalue weighted by atomic mass is 10.1. The first-order chi connectivity index (χ1) is 12.7. The second-order valence-electron chi connectivity index (χ2n) is 5.86. The van der Waals surface area contributed by atoms with Gasteiger partial charge in [-0.25, -0.2) is 18.4 Å². The molecule has 2 rings (SSSR count). The predicted octanol–water partition coefficient (Wildman–Crippen LogP) is 2.71. The molecule has 0 bridgehead atoms. The van der Waals surface area contributed by atoms with Gasteiger partial charge in [-0.2, -0.15) is 0 Å². The van der Waals surface area contributed by atoms with Crippen molar-refractivity contribution < 1.29 is 22.7 Å². The van der Waals surface area contributed by atoms with Crippen LogP contribution in [0.25, 0.3) is 0 Å². The Bertz CT molecular complexity index is 935. The average Bonchev–Trinajstić information content (AvgIpc) is 3.02. The number of ether oxygens (including phenoxy) is 1. The van der Waals surface area contributed by atoms with Gasteiger partial charge in [0.1, 0.15) is 4.88 Å². The maximum absolute atomic E-state index is 12.2. The van der Waals surface area contributed by atoms with Crippen LogP contribution in [0.5, 0.6) is 0 Å². The summed E-state index contributed by atoms with van der Waals surface area (Å²) in [5.74, 6) is -1.12. The standard InChI is InChI=1S/C18H22N2O5S2/c1-3-6-15-12(4-2)9-16(26-15)18(22)25-11-17(21)20-13-7-5-8-14(10-13)27(19,23)24/h5,7-10H,3-4,6,11H2,1-2H3,(H,20,21)(H2,19,23,24). The highest BCUT2D eigenvalue weighted by Crippen LogP contribution is 2.25. The molecule has 0 unspecified atom stereocenters. The molecule has 2 aromatic rings. The Morgan fingerprint density at radius 3 is 2.59 bits per heavy atom. The van der Waals surface area contributed by atoms with Gasteiger partial charge < -0.3 is 10.1 Å². The number of sulfonamides is 1. The van der Waals surface area contributed by atoms with E-state index in [0.29, 0.717) is 4.88 Å². The molecule has 0 atom stereocenters. The lowest BCUT2D eigenvalue weighted by Gasteiger charge is -2.07. The van der Waals surface area contributed by atoms with Crippen LogP contribution in [0.4, 0.5) is 5.69 Å². The van der Waals surface area contributed by atoms with Gasteiger partial charge in [-0.3, -0.25) is 4.79 Å². The first-order valence-electron chi connectivity index (χ1n) is 8.46. The third kappa shape index (κ3) is 5.88. The van der Waals surface area contributed by atoms with Crippen LogP contribution in [0, 0.1) is 0 Å². The smallest absolute Gasteiger partial charge is 0.348 e. The fourth-order valence-corrected chi connectivity index (χ4v) is 4.26. The zero-order valence-corrected chi connectivity index (χ0v) is 16.8. The molecule has 7 nitrogen and oxygen atoms in total. The lowest BCUT2D eigenvalue weighted by Crippen LogP contribution is -2.21. The van der Waals surface area contributed by atoms with E-state index in [1.165, 1.54) is 35.6 Å². The van der Waals surface area contributed by atoms with Crippen LogP contribution in [0.1, 0.15) is 40.4 Å². The Balaban J connectivity index is 1.96. The number of hydrogen-bond acceptors (Lipinski definition) is 6. The number of amides is 1. The van der Waals surface area contributed by atoms with Gasteiger partial charge in [0.2, 0.25) is 10.0 Å². The second kappa shape index (κ2) is 9.12. The second-order valence-corrected chi connectivity index (χ2v) is 8.56. The van der Waals surface area contributed by atoms with Crippen LogP contribution < -0.4 is 10.5 Å². The van der Waals surface area contributed by atoms with E-state index >= 15 is 0 Å². The molecule has 0 aliphatic rings. The quantitative estimate of drug-likeness (QED) is 0.649. The number of nitrogens with two attached hydrogens (primary N) is 1. The third-order valence-corrected chi connectivity index (χ3v) is 5.86. The minimum Gasteiger partial charge on any atom is -0.451 e. The van der Waals surface area contributed by atoms with Crippen molar-refractivity contribution in [3.8, 4) is 0 Å². The molecule has 1 aromatic heterocycles. The molecule has 0 spiro atoms. The number of anilines is 1. The van der Waals surface area contributed by atoms with Gasteiger partial charge in [0.25, 0.3) is 5.91 Å². The number of thiophene rings is 1. The molecule has 0 radical (unpaired) electrons. The molecule has 0 aliphatic carbocycles. The SMILES string of the molecule is CCCc1sc(C(=O)OCC(=O)Nc2cccc(S(N)(=O)=O)c2)cc1CC. The van der Waals surface area contributed by atoms with Crippen LogP contribution in [0.2, 0.25) is 0 Å². The van der Waals surface area contributed by atoms with Crippen molar-refractivity contribution >= 4 is 38.9 Å². The van der Waals surface area contributed by atoms with E-state index in [2.05, 4.69) is 12.2 Å². The number of carbonyl (C=O) groups excluding carboxylic acids is 2. The molecule has 27 heavy (non-hydrogen) atoms. The number of esters is 1.